The molecule has 0 saturated carbocycles. The van der Waals surface area contributed by atoms with Gasteiger partial charge >= 0.3 is 0 Å². The Kier molecular flexibility index (Phi) is 3.98. The smallest absolute Gasteiger partial charge is 0.251 e. The Labute approximate surface area is 127 Å². The van der Waals surface area contributed by atoms with Crippen molar-refractivity contribution in [1.29, 1.82) is 0 Å². The van der Waals surface area contributed by atoms with Crippen molar-refractivity contribution in [2.75, 3.05) is 4.90 Å². The molecular formula is C17H15FN2O2. The van der Waals surface area contributed by atoms with E-state index in [2.05, 4.69) is 5.32 Å². The molecule has 2 aromatic rings. The second-order valence-corrected chi connectivity index (χ2v) is 5.17. The van der Waals surface area contributed by atoms with Crippen molar-refractivity contribution in [2.24, 2.45) is 0 Å². The molecule has 0 radical (unpaired) electrons. The summed E-state index contributed by atoms with van der Waals surface area (Å²) in [5.41, 5.74) is 1.31. The highest BCUT2D eigenvalue weighted by atomic mass is 19.1. The van der Waals surface area contributed by atoms with Gasteiger partial charge in [0, 0.05) is 6.54 Å². The lowest BCUT2D eigenvalue weighted by Gasteiger charge is -2.15. The van der Waals surface area contributed by atoms with E-state index in [1.807, 2.05) is 6.07 Å². The minimum absolute atomic E-state index is 0.114. The summed E-state index contributed by atoms with van der Waals surface area (Å²) in [6, 6.07) is 14.4. The lowest BCUT2D eigenvalue weighted by Crippen LogP contribution is -2.38. The van der Waals surface area contributed by atoms with Gasteiger partial charge in [0.05, 0.1) is 18.2 Å². The van der Waals surface area contributed by atoms with Gasteiger partial charge in [-0.3, -0.25) is 9.59 Å². The fourth-order valence-corrected chi connectivity index (χ4v) is 2.53. The molecule has 22 heavy (non-hydrogen) atoms. The summed E-state index contributed by atoms with van der Waals surface area (Å²) < 4.78 is 13.1. The number of hydrogen-bond acceptors (Lipinski definition) is 3. The van der Waals surface area contributed by atoms with E-state index in [9.17, 15) is 14.0 Å². The van der Waals surface area contributed by atoms with Gasteiger partial charge < -0.3 is 5.32 Å². The normalized spacial score (nSPS) is 18.0. The molecule has 1 N–H and O–H groups in total. The summed E-state index contributed by atoms with van der Waals surface area (Å²) in [5.74, 6) is -0.820. The van der Waals surface area contributed by atoms with Crippen LogP contribution in [-0.4, -0.2) is 17.9 Å². The number of carbonyl (C=O) groups is 2. The molecular weight excluding hydrogens is 283 g/mol. The van der Waals surface area contributed by atoms with Crippen LogP contribution in [0.25, 0.3) is 0 Å². The molecule has 1 saturated heterocycles. The Morgan fingerprint density at radius 1 is 1.09 bits per heavy atom. The largest absolute Gasteiger partial charge is 0.301 e. The van der Waals surface area contributed by atoms with Gasteiger partial charge in [0.15, 0.2) is 0 Å². The summed E-state index contributed by atoms with van der Waals surface area (Å²) in [6.07, 6.45) is 0.114. The molecule has 1 heterocycles. The molecule has 0 spiro atoms. The standard InChI is InChI=1S/C17H15FN2O2/c18-13-6-4-5-12(9-13)11-19-15-10-16(21)20(17(15)22)14-7-2-1-3-8-14/h1-9,15,19H,10-11H2/t15-/m1/s1. The number of hydrogen-bond donors (Lipinski definition) is 1. The van der Waals surface area contributed by atoms with Crippen molar-refractivity contribution in [3.63, 3.8) is 0 Å². The van der Waals surface area contributed by atoms with Gasteiger partial charge in [0.25, 0.3) is 5.91 Å². The molecule has 1 fully saturated rings. The molecule has 4 nitrogen and oxygen atoms in total. The van der Waals surface area contributed by atoms with E-state index in [1.165, 1.54) is 17.0 Å². The topological polar surface area (TPSA) is 49.4 Å². The van der Waals surface area contributed by atoms with Gasteiger partial charge in [0.2, 0.25) is 5.91 Å². The molecule has 1 aliphatic rings. The Hall–Kier alpha value is -2.53. The lowest BCUT2D eigenvalue weighted by atomic mass is 10.2. The van der Waals surface area contributed by atoms with Crippen molar-refractivity contribution in [3.8, 4) is 0 Å². The monoisotopic (exact) mass is 298 g/mol. The average molecular weight is 298 g/mol. The molecule has 0 aromatic heterocycles. The first kappa shape index (κ1) is 14.4. The van der Waals surface area contributed by atoms with Crippen LogP contribution in [0, 0.1) is 5.82 Å². The third-order valence-electron chi connectivity index (χ3n) is 3.60. The van der Waals surface area contributed by atoms with Crippen LogP contribution in [0.3, 0.4) is 0 Å². The second kappa shape index (κ2) is 6.07. The molecule has 0 unspecified atom stereocenters. The molecule has 0 aliphatic carbocycles. The van der Waals surface area contributed by atoms with Crippen molar-refractivity contribution in [1.82, 2.24) is 5.32 Å². The van der Waals surface area contributed by atoms with Crippen LogP contribution in [0.15, 0.2) is 54.6 Å². The van der Waals surface area contributed by atoms with Gasteiger partial charge in [-0.25, -0.2) is 9.29 Å². The number of carbonyl (C=O) groups excluding carboxylic acids is 2. The van der Waals surface area contributed by atoms with Gasteiger partial charge in [-0.15, -0.1) is 0 Å². The number of imide groups is 1. The van der Waals surface area contributed by atoms with Crippen LogP contribution in [0.1, 0.15) is 12.0 Å². The van der Waals surface area contributed by atoms with Gasteiger partial charge in [-0.2, -0.15) is 0 Å². The lowest BCUT2D eigenvalue weighted by molar-refractivity contribution is -0.121. The van der Waals surface area contributed by atoms with Crippen molar-refractivity contribution in [2.45, 2.75) is 19.0 Å². The van der Waals surface area contributed by atoms with Crippen molar-refractivity contribution in [3.05, 3.63) is 66.0 Å². The SMILES string of the molecule is O=C1C[C@@H](NCc2cccc(F)c2)C(=O)N1c1ccccc1. The second-order valence-electron chi connectivity index (χ2n) is 5.17. The Morgan fingerprint density at radius 3 is 2.59 bits per heavy atom. The zero-order valence-electron chi connectivity index (χ0n) is 11.8. The fraction of sp³-hybridized carbons (Fsp3) is 0.176. The van der Waals surface area contributed by atoms with Crippen LogP contribution in [0.4, 0.5) is 10.1 Å². The first-order chi connectivity index (χ1) is 10.6. The molecule has 1 aliphatic heterocycles. The number of nitrogens with one attached hydrogen (secondary N) is 1. The molecule has 5 heteroatoms. The number of nitrogens with zero attached hydrogens (tertiary/aromatic N) is 1. The molecule has 3 rings (SSSR count). The summed E-state index contributed by atoms with van der Waals surface area (Å²) in [5, 5.41) is 3.03. The minimum atomic E-state index is -0.573. The van der Waals surface area contributed by atoms with Crippen molar-refractivity contribution >= 4 is 17.5 Å². The minimum Gasteiger partial charge on any atom is -0.301 e. The molecule has 0 bridgehead atoms. The van der Waals surface area contributed by atoms with Crippen LogP contribution in [-0.2, 0) is 16.1 Å². The maximum absolute atomic E-state index is 13.1. The Balaban J connectivity index is 1.69. The first-order valence-corrected chi connectivity index (χ1v) is 7.05. The molecule has 112 valence electrons. The third kappa shape index (κ3) is 2.89. The van der Waals surface area contributed by atoms with Crippen molar-refractivity contribution < 1.29 is 14.0 Å². The van der Waals surface area contributed by atoms with Gasteiger partial charge in [-0.05, 0) is 29.8 Å². The zero-order chi connectivity index (χ0) is 15.5. The Morgan fingerprint density at radius 2 is 1.86 bits per heavy atom. The van der Waals surface area contributed by atoms with Gasteiger partial charge in [-0.1, -0.05) is 30.3 Å². The van der Waals surface area contributed by atoms with E-state index in [0.717, 1.165) is 5.56 Å². The first-order valence-electron chi connectivity index (χ1n) is 7.05. The molecule has 2 aromatic carbocycles. The number of anilines is 1. The summed E-state index contributed by atoms with van der Waals surface area (Å²) >= 11 is 0. The van der Waals surface area contributed by atoms with Crippen LogP contribution in [0.5, 0.6) is 0 Å². The maximum Gasteiger partial charge on any atom is 0.251 e. The highest BCUT2D eigenvalue weighted by Gasteiger charge is 2.39. The summed E-state index contributed by atoms with van der Waals surface area (Å²) in [6.45, 7) is 0.337. The maximum atomic E-state index is 13.1. The molecule has 1 atom stereocenters. The van der Waals surface area contributed by atoms with E-state index >= 15 is 0 Å². The third-order valence-corrected chi connectivity index (χ3v) is 3.60. The van der Waals surface area contributed by atoms with E-state index in [-0.39, 0.29) is 24.1 Å². The predicted octanol–water partition coefficient (Wildman–Crippen LogP) is 2.25. The van der Waals surface area contributed by atoms with Crippen LogP contribution >= 0.6 is 0 Å². The number of benzene rings is 2. The predicted molar refractivity (Wildman–Crippen MR) is 80.6 cm³/mol. The summed E-state index contributed by atoms with van der Waals surface area (Å²) in [7, 11) is 0. The molecule has 2 amide bonds. The van der Waals surface area contributed by atoms with E-state index in [0.29, 0.717) is 12.2 Å². The van der Waals surface area contributed by atoms with E-state index in [1.54, 1.807) is 36.4 Å². The van der Waals surface area contributed by atoms with E-state index in [4.69, 9.17) is 0 Å². The summed E-state index contributed by atoms with van der Waals surface area (Å²) in [4.78, 5) is 25.6. The number of amides is 2. The highest BCUT2D eigenvalue weighted by molar-refractivity contribution is 6.22. The zero-order valence-corrected chi connectivity index (χ0v) is 11.8. The Bertz CT molecular complexity index is 703. The van der Waals surface area contributed by atoms with Gasteiger partial charge in [0.1, 0.15) is 5.82 Å². The number of para-hydroxylation sites is 1. The number of rotatable bonds is 4. The number of halogens is 1. The highest BCUT2D eigenvalue weighted by Crippen LogP contribution is 2.22. The quantitative estimate of drug-likeness (QED) is 0.881. The average Bonchev–Trinajstić information content (AvgIpc) is 2.80. The fourth-order valence-electron chi connectivity index (χ4n) is 2.53. The van der Waals surface area contributed by atoms with Crippen LogP contribution < -0.4 is 10.2 Å². The van der Waals surface area contributed by atoms with E-state index < -0.39 is 6.04 Å². The van der Waals surface area contributed by atoms with Crippen LogP contribution in [0.2, 0.25) is 0 Å².